The Hall–Kier alpha value is -2.80. The summed E-state index contributed by atoms with van der Waals surface area (Å²) in [6, 6.07) is 9.61. The number of carbonyl (C=O) groups is 2. The molecule has 3 rings (SSSR count). The second-order valence-electron chi connectivity index (χ2n) is 8.32. The van der Waals surface area contributed by atoms with Crippen molar-refractivity contribution in [1.29, 1.82) is 0 Å². The summed E-state index contributed by atoms with van der Waals surface area (Å²) < 4.78 is 7.22. The van der Waals surface area contributed by atoms with Crippen LogP contribution >= 0.6 is 11.8 Å². The fraction of sp³-hybridized carbons (Fsp3) is 0.400. The van der Waals surface area contributed by atoms with Crippen LogP contribution in [0.1, 0.15) is 61.9 Å². The largest absolute Gasteiger partial charge is 0.462 e. The summed E-state index contributed by atoms with van der Waals surface area (Å²) in [4.78, 5) is 32.3. The zero-order valence-corrected chi connectivity index (χ0v) is 20.6. The predicted octanol–water partition coefficient (Wildman–Crippen LogP) is 5.36. The Morgan fingerprint density at radius 1 is 1.19 bits per heavy atom. The highest BCUT2D eigenvalue weighted by Crippen LogP contribution is 2.35. The van der Waals surface area contributed by atoms with Crippen LogP contribution in [-0.4, -0.2) is 45.2 Å². The topological polar surface area (TPSA) is 63.9 Å². The molecule has 170 valence electrons. The third-order valence-corrected chi connectivity index (χ3v) is 6.09. The highest BCUT2D eigenvalue weighted by molar-refractivity contribution is 8.18. The van der Waals surface area contributed by atoms with E-state index in [1.54, 1.807) is 17.9 Å². The number of nitrogens with zero attached hydrogens (tertiary/aromatic N) is 3. The summed E-state index contributed by atoms with van der Waals surface area (Å²) >= 11 is 1.43. The first-order valence-electron chi connectivity index (χ1n) is 10.9. The number of hydrogen-bond donors (Lipinski definition) is 0. The van der Waals surface area contributed by atoms with Crippen molar-refractivity contribution in [2.24, 2.45) is 4.99 Å². The van der Waals surface area contributed by atoms with Gasteiger partial charge in [0.1, 0.15) is 0 Å². The van der Waals surface area contributed by atoms with Crippen molar-refractivity contribution in [2.45, 2.75) is 60.5 Å². The van der Waals surface area contributed by atoms with Gasteiger partial charge in [-0.2, -0.15) is 0 Å². The van der Waals surface area contributed by atoms with Gasteiger partial charge in [0.05, 0.1) is 17.1 Å². The molecule has 0 bridgehead atoms. The normalized spacial score (nSPS) is 16.8. The molecule has 32 heavy (non-hydrogen) atoms. The van der Waals surface area contributed by atoms with Gasteiger partial charge in [-0.1, -0.05) is 6.07 Å². The summed E-state index contributed by atoms with van der Waals surface area (Å²) in [5, 5.41) is 0.752. The van der Waals surface area contributed by atoms with E-state index in [2.05, 4.69) is 15.6 Å². The van der Waals surface area contributed by atoms with E-state index in [9.17, 15) is 9.59 Å². The molecule has 1 amide bonds. The SMILES string of the molecule is CCOC(=O)c1cccc(-n2c(C)cc(/C=C3/SC(=NC(C)C)N(C(C)C)C3=O)c2C)c1. The zero-order chi connectivity index (χ0) is 23.6. The molecule has 0 N–H and O–H groups in total. The molecule has 7 heteroatoms. The van der Waals surface area contributed by atoms with Crippen LogP contribution < -0.4 is 0 Å². The number of ether oxygens (including phenoxy) is 1. The van der Waals surface area contributed by atoms with E-state index in [4.69, 9.17) is 4.74 Å². The van der Waals surface area contributed by atoms with E-state index in [0.717, 1.165) is 27.8 Å². The molecular weight excluding hydrogens is 422 g/mol. The van der Waals surface area contributed by atoms with Gasteiger partial charge in [0.2, 0.25) is 0 Å². The van der Waals surface area contributed by atoms with Crippen LogP contribution in [-0.2, 0) is 9.53 Å². The van der Waals surface area contributed by atoms with Gasteiger partial charge in [-0.05, 0) is 96.1 Å². The molecule has 6 nitrogen and oxygen atoms in total. The molecule has 1 aromatic carbocycles. The highest BCUT2D eigenvalue weighted by Gasteiger charge is 2.35. The van der Waals surface area contributed by atoms with Crippen molar-refractivity contribution >= 4 is 34.9 Å². The minimum absolute atomic E-state index is 0.0153. The van der Waals surface area contributed by atoms with Gasteiger partial charge in [0.25, 0.3) is 5.91 Å². The van der Waals surface area contributed by atoms with Crippen molar-refractivity contribution in [3.8, 4) is 5.69 Å². The number of carbonyl (C=O) groups excluding carboxylic acids is 2. The van der Waals surface area contributed by atoms with Crippen LogP contribution in [0.15, 0.2) is 40.2 Å². The molecule has 0 aliphatic carbocycles. The second-order valence-corrected chi connectivity index (χ2v) is 9.33. The smallest absolute Gasteiger partial charge is 0.338 e. The highest BCUT2D eigenvalue weighted by atomic mass is 32.2. The molecule has 1 saturated heterocycles. The summed E-state index contributed by atoms with van der Waals surface area (Å²) in [7, 11) is 0. The first-order chi connectivity index (χ1) is 15.1. The molecule has 0 spiro atoms. The second kappa shape index (κ2) is 9.77. The Balaban J connectivity index is 2.00. The van der Waals surface area contributed by atoms with Gasteiger partial charge in [0, 0.05) is 29.2 Å². The Morgan fingerprint density at radius 2 is 1.91 bits per heavy atom. The minimum atomic E-state index is -0.335. The van der Waals surface area contributed by atoms with Crippen molar-refractivity contribution < 1.29 is 14.3 Å². The van der Waals surface area contributed by atoms with Gasteiger partial charge < -0.3 is 9.30 Å². The standard InChI is InChI=1S/C25H31N3O3S/c1-8-31-24(30)19-10-9-11-21(13-19)28-17(6)12-20(18(28)7)14-22-23(29)27(16(4)5)25(32-22)26-15(2)3/h9-16H,8H2,1-7H3/b22-14+,26-25?. The van der Waals surface area contributed by atoms with E-state index < -0.39 is 0 Å². The maximum Gasteiger partial charge on any atom is 0.338 e. The number of thioether (sulfide) groups is 1. The lowest BCUT2D eigenvalue weighted by Crippen LogP contribution is -2.35. The lowest BCUT2D eigenvalue weighted by atomic mass is 10.2. The van der Waals surface area contributed by atoms with Crippen LogP contribution in [0.5, 0.6) is 0 Å². The van der Waals surface area contributed by atoms with Crippen LogP contribution in [0.25, 0.3) is 11.8 Å². The number of aryl methyl sites for hydroxylation is 1. The van der Waals surface area contributed by atoms with Gasteiger partial charge in [0.15, 0.2) is 5.17 Å². The molecule has 2 aromatic rings. The molecule has 1 aromatic heterocycles. The minimum Gasteiger partial charge on any atom is -0.462 e. The molecule has 0 radical (unpaired) electrons. The Bertz CT molecular complexity index is 1100. The molecule has 0 atom stereocenters. The van der Waals surface area contributed by atoms with E-state index >= 15 is 0 Å². The fourth-order valence-corrected chi connectivity index (χ4v) is 4.94. The van der Waals surface area contributed by atoms with Crippen LogP contribution in [0.3, 0.4) is 0 Å². The average molecular weight is 454 g/mol. The summed E-state index contributed by atoms with van der Waals surface area (Å²) in [6.45, 7) is 14.2. The third kappa shape index (κ3) is 4.83. The van der Waals surface area contributed by atoms with Crippen molar-refractivity contribution in [3.05, 3.63) is 57.8 Å². The fourth-order valence-electron chi connectivity index (χ4n) is 3.71. The average Bonchev–Trinajstić information content (AvgIpc) is 3.17. The number of hydrogen-bond acceptors (Lipinski definition) is 5. The quantitative estimate of drug-likeness (QED) is 0.436. The van der Waals surface area contributed by atoms with Gasteiger partial charge in [-0.15, -0.1) is 0 Å². The van der Waals surface area contributed by atoms with E-state index in [1.165, 1.54) is 11.8 Å². The monoisotopic (exact) mass is 453 g/mol. The Kier molecular flexibility index (Phi) is 7.29. The first kappa shape index (κ1) is 23.9. The summed E-state index contributed by atoms with van der Waals surface area (Å²) in [5.41, 5.74) is 4.37. The lowest BCUT2D eigenvalue weighted by Gasteiger charge is -2.20. The number of esters is 1. The molecular formula is C25H31N3O3S. The van der Waals surface area contributed by atoms with Crippen molar-refractivity contribution in [3.63, 3.8) is 0 Å². The van der Waals surface area contributed by atoms with Gasteiger partial charge in [-0.25, -0.2) is 4.79 Å². The number of aliphatic imine (C=N–C) groups is 1. The predicted molar refractivity (Wildman–Crippen MR) is 131 cm³/mol. The third-order valence-electron chi connectivity index (χ3n) is 5.09. The Labute approximate surface area is 194 Å². The lowest BCUT2D eigenvalue weighted by molar-refractivity contribution is -0.123. The molecule has 1 aliphatic rings. The molecule has 1 fully saturated rings. The summed E-state index contributed by atoms with van der Waals surface area (Å²) in [5.74, 6) is -0.351. The van der Waals surface area contributed by atoms with Crippen molar-refractivity contribution in [2.75, 3.05) is 6.61 Å². The van der Waals surface area contributed by atoms with Crippen LogP contribution in [0, 0.1) is 13.8 Å². The molecule has 0 unspecified atom stereocenters. The number of benzene rings is 1. The number of aromatic nitrogens is 1. The molecule has 0 saturated carbocycles. The van der Waals surface area contributed by atoms with Gasteiger partial charge in [-0.3, -0.25) is 14.7 Å². The number of amides is 1. The first-order valence-corrected chi connectivity index (χ1v) is 11.7. The van der Waals surface area contributed by atoms with E-state index in [0.29, 0.717) is 17.1 Å². The zero-order valence-electron chi connectivity index (χ0n) is 19.8. The maximum absolute atomic E-state index is 13.1. The maximum atomic E-state index is 13.1. The number of rotatable bonds is 6. The number of amidine groups is 1. The molecule has 2 heterocycles. The van der Waals surface area contributed by atoms with E-state index in [1.807, 2.05) is 65.8 Å². The Morgan fingerprint density at radius 3 is 2.53 bits per heavy atom. The van der Waals surface area contributed by atoms with Crippen LogP contribution in [0.2, 0.25) is 0 Å². The van der Waals surface area contributed by atoms with Gasteiger partial charge >= 0.3 is 5.97 Å². The van der Waals surface area contributed by atoms with Crippen molar-refractivity contribution in [1.82, 2.24) is 9.47 Å². The summed E-state index contributed by atoms with van der Waals surface area (Å²) in [6.07, 6.45) is 1.94. The molecule has 1 aliphatic heterocycles. The van der Waals surface area contributed by atoms with E-state index in [-0.39, 0.29) is 24.0 Å². The van der Waals surface area contributed by atoms with Crippen LogP contribution in [0.4, 0.5) is 0 Å².